The zero-order valence-electron chi connectivity index (χ0n) is 23.8. The molecule has 0 N–H and O–H groups in total. The number of para-hydroxylation sites is 4. The molecule has 2 nitrogen and oxygen atoms in total. The Labute approximate surface area is 252 Å². The van der Waals surface area contributed by atoms with Crippen LogP contribution in [0.25, 0.3) is 98.4 Å². The summed E-state index contributed by atoms with van der Waals surface area (Å²) in [7, 11) is 0. The third-order valence-electron chi connectivity index (χ3n) is 9.99. The first-order chi connectivity index (χ1) is 21.9. The molecule has 0 radical (unpaired) electrons. The van der Waals surface area contributed by atoms with E-state index in [1.54, 1.807) is 0 Å². The molecule has 0 atom stereocenters. The van der Waals surface area contributed by atoms with Gasteiger partial charge in [-0.2, -0.15) is 0 Å². The highest BCUT2D eigenvalue weighted by Crippen LogP contribution is 2.47. The summed E-state index contributed by atoms with van der Waals surface area (Å²) in [4.78, 5) is 0. The summed E-state index contributed by atoms with van der Waals surface area (Å²) in [5, 5.41) is 10.5. The van der Waals surface area contributed by atoms with Gasteiger partial charge in [0, 0.05) is 48.7 Å². The van der Waals surface area contributed by atoms with E-state index in [0.717, 1.165) is 0 Å². The fourth-order valence-corrected chi connectivity index (χ4v) is 8.23. The van der Waals surface area contributed by atoms with Crippen molar-refractivity contribution in [2.45, 2.75) is 0 Å². The van der Waals surface area contributed by atoms with Gasteiger partial charge in [-0.15, -0.1) is 0 Å². The molecule has 44 heavy (non-hydrogen) atoms. The molecule has 0 aliphatic carbocycles. The topological polar surface area (TPSA) is 8.82 Å². The summed E-state index contributed by atoms with van der Waals surface area (Å²) in [5.74, 6) is 0. The molecule has 0 fully saturated rings. The maximum atomic E-state index is 2.52. The van der Waals surface area contributed by atoms with Crippen LogP contribution in [-0.4, -0.2) is 8.80 Å². The summed E-state index contributed by atoms with van der Waals surface area (Å²) in [6.07, 6.45) is 0. The number of nitrogens with zero attached hydrogens (tertiary/aromatic N) is 2. The van der Waals surface area contributed by atoms with E-state index in [2.05, 4.69) is 154 Å². The molecule has 11 aromatic rings. The van der Waals surface area contributed by atoms with E-state index in [-0.39, 0.29) is 0 Å². The largest absolute Gasteiger partial charge is 0.308 e. The van der Waals surface area contributed by atoms with Crippen molar-refractivity contribution in [2.75, 3.05) is 0 Å². The molecule has 4 aromatic heterocycles. The van der Waals surface area contributed by atoms with E-state index in [9.17, 15) is 0 Å². The first-order valence-corrected chi connectivity index (χ1v) is 15.3. The lowest BCUT2D eigenvalue weighted by molar-refractivity contribution is 1.37. The second kappa shape index (κ2) is 7.94. The Morgan fingerprint density at radius 1 is 0.295 bits per heavy atom. The van der Waals surface area contributed by atoms with E-state index in [1.165, 1.54) is 98.4 Å². The van der Waals surface area contributed by atoms with Crippen molar-refractivity contribution in [1.29, 1.82) is 0 Å². The quantitative estimate of drug-likeness (QED) is 0.200. The average molecular weight is 557 g/mol. The van der Waals surface area contributed by atoms with Gasteiger partial charge in [-0.25, -0.2) is 0 Å². The minimum atomic E-state index is 1.24. The monoisotopic (exact) mass is 556 g/mol. The highest BCUT2D eigenvalue weighted by Gasteiger charge is 2.24. The van der Waals surface area contributed by atoms with Crippen LogP contribution >= 0.6 is 0 Å². The molecule has 0 amide bonds. The fourth-order valence-electron chi connectivity index (χ4n) is 8.23. The van der Waals surface area contributed by atoms with Gasteiger partial charge in [-0.3, -0.25) is 0 Å². The van der Waals surface area contributed by atoms with Gasteiger partial charge in [0.1, 0.15) is 0 Å². The second-order valence-electron chi connectivity index (χ2n) is 12.1. The van der Waals surface area contributed by atoms with Crippen LogP contribution in [0, 0.1) is 0 Å². The molecule has 0 unspecified atom stereocenters. The maximum Gasteiger partial charge on any atom is 0.0626 e. The number of aromatic nitrogens is 2. The first-order valence-electron chi connectivity index (χ1n) is 15.3. The van der Waals surface area contributed by atoms with Crippen LogP contribution in [0.2, 0.25) is 0 Å². The summed E-state index contributed by atoms with van der Waals surface area (Å²) >= 11 is 0. The summed E-state index contributed by atoms with van der Waals surface area (Å²) < 4.78 is 5.01. The Kier molecular flexibility index (Phi) is 4.10. The number of benzene rings is 7. The van der Waals surface area contributed by atoms with E-state index in [1.807, 2.05) is 0 Å². The molecule has 0 bridgehead atoms. The minimum absolute atomic E-state index is 1.24. The SMILES string of the molecule is c1ccc(-c2ccc3c(c2)c2ccc(-c4cccc5c6cccc7c8ccccc8n(c45)c76)c4c5ccccc5n3c24)cc1. The van der Waals surface area contributed by atoms with Gasteiger partial charge < -0.3 is 8.80 Å². The van der Waals surface area contributed by atoms with E-state index < -0.39 is 0 Å². The van der Waals surface area contributed by atoms with Gasteiger partial charge in [0.25, 0.3) is 0 Å². The molecule has 202 valence electrons. The van der Waals surface area contributed by atoms with Crippen LogP contribution in [0.5, 0.6) is 0 Å². The van der Waals surface area contributed by atoms with E-state index >= 15 is 0 Å². The summed E-state index contributed by atoms with van der Waals surface area (Å²) in [6, 6.07) is 53.8. The molecule has 0 spiro atoms. The number of hydrogen-bond donors (Lipinski definition) is 0. The molecule has 4 heterocycles. The normalized spacial score (nSPS) is 12.5. The van der Waals surface area contributed by atoms with Crippen molar-refractivity contribution in [2.24, 2.45) is 0 Å². The van der Waals surface area contributed by atoms with Gasteiger partial charge in [0.15, 0.2) is 0 Å². The Hall–Kier alpha value is -5.86. The number of fused-ring (bicyclic) bond motifs is 12. The molecule has 2 heteroatoms. The Morgan fingerprint density at radius 3 is 1.75 bits per heavy atom. The second-order valence-corrected chi connectivity index (χ2v) is 12.1. The molecule has 0 saturated carbocycles. The molecule has 7 aromatic carbocycles. The minimum Gasteiger partial charge on any atom is -0.308 e. The van der Waals surface area contributed by atoms with Crippen molar-refractivity contribution in [3.05, 3.63) is 146 Å². The third kappa shape index (κ3) is 2.63. The van der Waals surface area contributed by atoms with Crippen molar-refractivity contribution < 1.29 is 0 Å². The third-order valence-corrected chi connectivity index (χ3v) is 9.99. The van der Waals surface area contributed by atoms with Crippen molar-refractivity contribution >= 4 is 76.2 Å². The van der Waals surface area contributed by atoms with E-state index in [0.29, 0.717) is 0 Å². The zero-order valence-corrected chi connectivity index (χ0v) is 23.8. The van der Waals surface area contributed by atoms with Gasteiger partial charge in [-0.1, -0.05) is 121 Å². The van der Waals surface area contributed by atoms with Gasteiger partial charge in [-0.05, 0) is 41.0 Å². The van der Waals surface area contributed by atoms with Crippen molar-refractivity contribution in [1.82, 2.24) is 8.80 Å². The molecular weight excluding hydrogens is 532 g/mol. The van der Waals surface area contributed by atoms with Gasteiger partial charge in [0.05, 0.1) is 33.1 Å². The number of rotatable bonds is 2. The lowest BCUT2D eigenvalue weighted by atomic mass is 9.95. The van der Waals surface area contributed by atoms with Crippen LogP contribution in [0.1, 0.15) is 0 Å². The Bertz CT molecular complexity index is 2920. The predicted molar refractivity (Wildman–Crippen MR) is 187 cm³/mol. The molecule has 0 aliphatic heterocycles. The number of hydrogen-bond acceptors (Lipinski definition) is 0. The Morgan fingerprint density at radius 2 is 0.909 bits per heavy atom. The zero-order chi connectivity index (χ0) is 28.5. The van der Waals surface area contributed by atoms with Crippen LogP contribution < -0.4 is 0 Å². The highest BCUT2D eigenvalue weighted by atomic mass is 14.9. The average Bonchev–Trinajstić information content (AvgIpc) is 3.82. The molecular formula is C42H24N2. The summed E-state index contributed by atoms with van der Waals surface area (Å²) in [5.41, 5.74) is 12.7. The first kappa shape index (κ1) is 22.7. The smallest absolute Gasteiger partial charge is 0.0626 e. The van der Waals surface area contributed by atoms with E-state index in [4.69, 9.17) is 0 Å². The van der Waals surface area contributed by atoms with Crippen LogP contribution in [0.3, 0.4) is 0 Å². The summed E-state index contributed by atoms with van der Waals surface area (Å²) in [6.45, 7) is 0. The molecule has 0 saturated heterocycles. The van der Waals surface area contributed by atoms with Crippen molar-refractivity contribution in [3.63, 3.8) is 0 Å². The van der Waals surface area contributed by atoms with Gasteiger partial charge in [0.2, 0.25) is 0 Å². The van der Waals surface area contributed by atoms with Crippen molar-refractivity contribution in [3.8, 4) is 22.3 Å². The Balaban J connectivity index is 1.32. The van der Waals surface area contributed by atoms with Crippen LogP contribution in [0.15, 0.2) is 146 Å². The maximum absolute atomic E-state index is 2.52. The van der Waals surface area contributed by atoms with Crippen LogP contribution in [-0.2, 0) is 0 Å². The lowest BCUT2D eigenvalue weighted by Gasteiger charge is -2.09. The lowest BCUT2D eigenvalue weighted by Crippen LogP contribution is -1.87. The molecule has 0 aliphatic rings. The highest BCUT2D eigenvalue weighted by molar-refractivity contribution is 6.30. The van der Waals surface area contributed by atoms with Gasteiger partial charge >= 0.3 is 0 Å². The predicted octanol–water partition coefficient (Wildman–Crippen LogP) is 11.3. The van der Waals surface area contributed by atoms with Crippen LogP contribution in [0.4, 0.5) is 0 Å². The molecule has 11 rings (SSSR count). The fraction of sp³-hybridized carbons (Fsp3) is 0. The standard InChI is InChI=1S/C42H24N2/c1-2-10-25(11-3-1)26-20-23-38-35(24-26)33-22-21-28(39-34-13-5-7-19-37(34)43(38)42(33)39)30-15-9-17-32-31-16-8-14-29-27-12-4-6-18-36(27)44(40(29)31)41(30)32/h1-24H.